The molecule has 0 aromatic carbocycles. The first kappa shape index (κ1) is 25.0. The van der Waals surface area contributed by atoms with E-state index in [1.165, 1.54) is 19.6 Å². The number of carbonyl (C=O) groups is 2. The van der Waals surface area contributed by atoms with Crippen LogP contribution in [-0.2, 0) is 34.7 Å². The number of carboxylic acid groups (broad SMARTS) is 1. The topological polar surface area (TPSA) is 181 Å². The van der Waals surface area contributed by atoms with Crippen LogP contribution in [0.15, 0.2) is 12.7 Å². The quantitative estimate of drug-likeness (QED) is 0.292. The molecule has 3 rings (SSSR count). The number of fused-ring (bicyclic) bond motifs is 1. The molecule has 0 bridgehead atoms. The molecule has 14 heteroatoms. The van der Waals surface area contributed by atoms with E-state index in [9.17, 15) is 19.3 Å². The van der Waals surface area contributed by atoms with E-state index in [-0.39, 0.29) is 24.8 Å². The fraction of sp³-hybridized carbons (Fsp3) is 0.632. The van der Waals surface area contributed by atoms with Gasteiger partial charge in [-0.05, 0) is 40.5 Å². The minimum atomic E-state index is -3.91. The molecular weight excluding hydrogens is 455 g/mol. The first-order valence-corrected chi connectivity index (χ1v) is 12.3. The normalized spacial score (nSPS) is 18.6. The van der Waals surface area contributed by atoms with Crippen LogP contribution in [0.25, 0.3) is 11.2 Å². The number of nitrogen functional groups attached to an aromatic ring is 1. The Morgan fingerprint density at radius 2 is 1.97 bits per heavy atom. The van der Waals surface area contributed by atoms with Gasteiger partial charge in [-0.1, -0.05) is 0 Å². The lowest BCUT2D eigenvalue weighted by Crippen LogP contribution is -2.40. The molecule has 0 radical (unpaired) electrons. The predicted molar refractivity (Wildman–Crippen MR) is 117 cm³/mol. The molecule has 0 amide bonds. The zero-order valence-corrected chi connectivity index (χ0v) is 19.8. The second-order valence-electron chi connectivity index (χ2n) is 8.34. The van der Waals surface area contributed by atoms with E-state index < -0.39 is 43.6 Å². The van der Waals surface area contributed by atoms with Crippen molar-refractivity contribution in [3.8, 4) is 0 Å². The Morgan fingerprint density at radius 1 is 1.27 bits per heavy atom. The second kappa shape index (κ2) is 9.72. The van der Waals surface area contributed by atoms with Crippen LogP contribution < -0.4 is 10.8 Å². The van der Waals surface area contributed by atoms with Crippen molar-refractivity contribution in [2.24, 2.45) is 0 Å². The lowest BCUT2D eigenvalue weighted by Gasteiger charge is -2.27. The van der Waals surface area contributed by atoms with Gasteiger partial charge >= 0.3 is 11.9 Å². The average molecular weight is 484 g/mol. The van der Waals surface area contributed by atoms with Crippen molar-refractivity contribution in [3.63, 3.8) is 0 Å². The molecule has 182 valence electrons. The zero-order chi connectivity index (χ0) is 24.4. The van der Waals surface area contributed by atoms with E-state index in [1.807, 2.05) is 0 Å². The number of ether oxygens (including phenoxy) is 2. The maximum atomic E-state index is 13.6. The van der Waals surface area contributed by atoms with Gasteiger partial charge in [0.05, 0.1) is 25.1 Å². The predicted octanol–water partition coefficient (Wildman–Crippen LogP) is 1.53. The summed E-state index contributed by atoms with van der Waals surface area (Å²) in [5, 5.41) is 12.1. The molecule has 4 N–H and O–H groups in total. The highest BCUT2D eigenvalue weighted by Gasteiger charge is 2.55. The molecule has 0 aliphatic heterocycles. The largest absolute Gasteiger partial charge is 0.480 e. The van der Waals surface area contributed by atoms with Crippen LogP contribution in [0.5, 0.6) is 0 Å². The summed E-state index contributed by atoms with van der Waals surface area (Å²) in [5.41, 5.74) is 5.41. The van der Waals surface area contributed by atoms with Gasteiger partial charge in [-0.15, -0.1) is 0 Å². The van der Waals surface area contributed by atoms with E-state index in [1.54, 1.807) is 25.3 Å². The molecule has 2 aromatic heterocycles. The van der Waals surface area contributed by atoms with Gasteiger partial charge in [-0.25, -0.2) is 24.8 Å². The van der Waals surface area contributed by atoms with Gasteiger partial charge in [0, 0.05) is 0 Å². The first-order chi connectivity index (χ1) is 15.4. The maximum absolute atomic E-state index is 13.6. The number of nitrogens with one attached hydrogen (secondary N) is 1. The van der Waals surface area contributed by atoms with Gasteiger partial charge in [0.25, 0.3) is 7.52 Å². The smallest absolute Gasteiger partial charge is 0.335 e. The highest BCUT2D eigenvalue weighted by atomic mass is 31.2. The third-order valence-electron chi connectivity index (χ3n) is 4.97. The number of nitrogens with two attached hydrogens (primary N) is 1. The summed E-state index contributed by atoms with van der Waals surface area (Å²) >= 11 is 0. The average Bonchev–Trinajstić information content (AvgIpc) is 3.39. The first-order valence-electron chi connectivity index (χ1n) is 10.5. The summed E-state index contributed by atoms with van der Waals surface area (Å²) in [6.07, 6.45) is 0.928. The molecule has 3 atom stereocenters. The van der Waals surface area contributed by atoms with Gasteiger partial charge in [-0.2, -0.15) is 0 Å². The van der Waals surface area contributed by atoms with Gasteiger partial charge in [0.2, 0.25) is 0 Å². The van der Waals surface area contributed by atoms with Crippen LogP contribution in [0.1, 0.15) is 40.5 Å². The summed E-state index contributed by atoms with van der Waals surface area (Å²) in [4.78, 5) is 36.0. The second-order valence-corrected chi connectivity index (χ2v) is 10.4. The molecule has 0 saturated heterocycles. The van der Waals surface area contributed by atoms with Gasteiger partial charge in [-0.3, -0.25) is 9.36 Å². The van der Waals surface area contributed by atoms with Crippen molar-refractivity contribution in [2.45, 2.75) is 70.9 Å². The monoisotopic (exact) mass is 484 g/mol. The van der Waals surface area contributed by atoms with Crippen LogP contribution in [0.2, 0.25) is 0 Å². The number of nitrogens with zero attached hydrogens (tertiary/aromatic N) is 4. The highest BCUT2D eigenvalue weighted by Crippen LogP contribution is 2.52. The Balaban J connectivity index is 1.69. The third kappa shape index (κ3) is 6.05. The van der Waals surface area contributed by atoms with Crippen LogP contribution >= 0.6 is 7.52 Å². The fourth-order valence-electron chi connectivity index (χ4n) is 3.13. The lowest BCUT2D eigenvalue weighted by atomic mass is 10.3. The summed E-state index contributed by atoms with van der Waals surface area (Å²) in [5.74, 6) is -1.60. The maximum Gasteiger partial charge on any atom is 0.335 e. The molecule has 2 aromatic rings. The van der Waals surface area contributed by atoms with E-state index in [4.69, 9.17) is 19.7 Å². The number of esters is 1. The molecule has 2 heterocycles. The number of aromatic nitrogens is 4. The van der Waals surface area contributed by atoms with E-state index in [2.05, 4.69) is 20.0 Å². The Hall–Kier alpha value is -2.60. The van der Waals surface area contributed by atoms with E-state index >= 15 is 0 Å². The number of carbonyl (C=O) groups excluding carboxylic acids is 1. The molecule has 1 aliphatic carbocycles. The van der Waals surface area contributed by atoms with Crippen LogP contribution in [0, 0.1) is 0 Å². The minimum absolute atomic E-state index is 0.250. The number of anilines is 1. The molecule has 33 heavy (non-hydrogen) atoms. The summed E-state index contributed by atoms with van der Waals surface area (Å²) in [6.45, 7) is 6.78. The van der Waals surface area contributed by atoms with Gasteiger partial charge < -0.3 is 29.4 Å². The van der Waals surface area contributed by atoms with Crippen molar-refractivity contribution in [1.29, 1.82) is 0 Å². The molecule has 13 nitrogen and oxygen atoms in total. The number of rotatable bonds is 12. The highest BCUT2D eigenvalue weighted by molar-refractivity contribution is 7.56. The Bertz CT molecular complexity index is 1070. The lowest BCUT2D eigenvalue weighted by molar-refractivity contribution is -0.155. The van der Waals surface area contributed by atoms with E-state index in [0.29, 0.717) is 17.7 Å². The zero-order valence-electron chi connectivity index (χ0n) is 18.9. The number of imidazole rings is 1. The molecule has 1 fully saturated rings. The molecule has 0 spiro atoms. The fourth-order valence-corrected chi connectivity index (χ4v) is 5.32. The number of aliphatic carboxylic acids is 1. The van der Waals surface area contributed by atoms with Crippen LogP contribution in [0.4, 0.5) is 5.82 Å². The summed E-state index contributed by atoms with van der Waals surface area (Å²) in [7, 11) is -3.91. The van der Waals surface area contributed by atoms with Crippen LogP contribution in [-0.4, -0.2) is 66.8 Å². The molecular formula is C19H29N6O7P. The minimum Gasteiger partial charge on any atom is -0.480 e. The standard InChI is InChI=1S/C19H29N6O7P/c1-11(2)31-17(26)13(4)32-33(29,24-19(5-6-19)18(27)28)10-30-12(3)7-25-9-23-14-15(20)21-8-22-16(14)25/h8-9,11-13H,5-7,10H2,1-4H3,(H,24,29)(H,27,28)(H2,20,21,22). The SMILES string of the molecule is CC(C)OC(=O)C(C)OP(=O)(COC(C)Cn1cnc2c(N)ncnc21)NC1(C(=O)O)CC1. The van der Waals surface area contributed by atoms with Gasteiger partial charge in [0.1, 0.15) is 23.7 Å². The molecule has 1 aliphatic rings. The van der Waals surface area contributed by atoms with Gasteiger partial charge in [0.15, 0.2) is 17.6 Å². The Kier molecular flexibility index (Phi) is 7.37. The van der Waals surface area contributed by atoms with E-state index in [0.717, 1.165) is 0 Å². The van der Waals surface area contributed by atoms with Crippen molar-refractivity contribution in [1.82, 2.24) is 24.6 Å². The van der Waals surface area contributed by atoms with Crippen LogP contribution in [0.3, 0.4) is 0 Å². The Morgan fingerprint density at radius 3 is 2.58 bits per heavy atom. The number of hydrogen-bond acceptors (Lipinski definition) is 10. The Labute approximate surface area is 190 Å². The molecule has 1 saturated carbocycles. The third-order valence-corrected chi connectivity index (χ3v) is 6.88. The molecule has 3 unspecified atom stereocenters. The summed E-state index contributed by atoms with van der Waals surface area (Å²) in [6, 6.07) is 0. The van der Waals surface area contributed by atoms with Crippen molar-refractivity contribution >= 4 is 36.4 Å². The summed E-state index contributed by atoms with van der Waals surface area (Å²) < 4.78 is 31.6. The van der Waals surface area contributed by atoms with Crippen molar-refractivity contribution in [3.05, 3.63) is 12.7 Å². The number of hydrogen-bond donors (Lipinski definition) is 3. The van der Waals surface area contributed by atoms with Crippen molar-refractivity contribution in [2.75, 3.05) is 12.1 Å². The number of carboxylic acids is 1. The van der Waals surface area contributed by atoms with Crippen molar-refractivity contribution < 1.29 is 33.3 Å².